The van der Waals surface area contributed by atoms with Crippen molar-refractivity contribution in [2.24, 2.45) is 0 Å². The third-order valence-electron chi connectivity index (χ3n) is 5.94. The zero-order valence-electron chi connectivity index (χ0n) is 19.1. The predicted octanol–water partition coefficient (Wildman–Crippen LogP) is 3.15. The first-order valence-corrected chi connectivity index (χ1v) is 12.3. The predicted molar refractivity (Wildman–Crippen MR) is 136 cm³/mol. The molecule has 1 aromatic heterocycles. The highest BCUT2D eigenvalue weighted by atomic mass is 32.2. The van der Waals surface area contributed by atoms with Crippen LogP contribution in [0.15, 0.2) is 59.8 Å². The molecular weight excluding hydrogens is 432 g/mol. The van der Waals surface area contributed by atoms with E-state index in [4.69, 9.17) is 16.2 Å². The monoisotopic (exact) mass is 464 g/mol. The molecule has 0 aliphatic carbocycles. The third kappa shape index (κ3) is 6.60. The maximum atomic E-state index is 6.23. The Balaban J connectivity index is 1.23. The van der Waals surface area contributed by atoms with Crippen molar-refractivity contribution in [2.45, 2.75) is 18.1 Å². The minimum Gasteiger partial charge on any atom is -0.497 e. The van der Waals surface area contributed by atoms with E-state index in [2.05, 4.69) is 50.1 Å². The van der Waals surface area contributed by atoms with Gasteiger partial charge in [0.25, 0.3) is 0 Å². The Kier molecular flexibility index (Phi) is 8.04. The highest BCUT2D eigenvalue weighted by Crippen LogP contribution is 2.25. The highest BCUT2D eigenvalue weighted by Gasteiger charge is 2.17. The number of nitrogen functional groups attached to an aromatic ring is 2. The Bertz CT molecular complexity index is 1000. The summed E-state index contributed by atoms with van der Waals surface area (Å²) in [6, 6.07) is 18.5. The van der Waals surface area contributed by atoms with Crippen LogP contribution in [0.5, 0.6) is 5.75 Å². The average molecular weight is 465 g/mol. The Hall–Kier alpha value is -2.81. The first-order valence-electron chi connectivity index (χ1n) is 11.3. The van der Waals surface area contributed by atoms with Crippen molar-refractivity contribution in [3.63, 3.8) is 0 Å². The Labute approximate surface area is 200 Å². The molecule has 0 bridgehead atoms. The van der Waals surface area contributed by atoms with Crippen LogP contribution in [0.2, 0.25) is 0 Å². The van der Waals surface area contributed by atoms with Crippen LogP contribution in [0.1, 0.15) is 16.7 Å². The molecule has 0 amide bonds. The number of hydrogen-bond acceptors (Lipinski definition) is 8. The van der Waals surface area contributed by atoms with Gasteiger partial charge in [-0.25, -0.2) is 9.97 Å². The first-order chi connectivity index (χ1) is 16.1. The zero-order chi connectivity index (χ0) is 23.0. The number of hydrogen-bond donors (Lipinski definition) is 2. The van der Waals surface area contributed by atoms with Crippen LogP contribution in [-0.2, 0) is 13.0 Å². The minimum atomic E-state index is 0.454. The SMILES string of the molecule is COc1ccc(Cc2c(N)nc(SCCN3CCN(Cc4ccccc4)CC3)nc2N)cc1. The second-order valence-electron chi connectivity index (χ2n) is 8.23. The highest BCUT2D eigenvalue weighted by molar-refractivity contribution is 7.99. The molecule has 2 heterocycles. The number of ether oxygens (including phenoxy) is 1. The number of nitrogens with zero attached hydrogens (tertiary/aromatic N) is 4. The van der Waals surface area contributed by atoms with Crippen LogP contribution in [0, 0.1) is 0 Å². The molecule has 0 unspecified atom stereocenters. The number of rotatable bonds is 9. The Morgan fingerprint density at radius 3 is 2.12 bits per heavy atom. The average Bonchev–Trinajstić information content (AvgIpc) is 2.84. The van der Waals surface area contributed by atoms with Gasteiger partial charge in [0.15, 0.2) is 5.16 Å². The zero-order valence-corrected chi connectivity index (χ0v) is 19.9. The second-order valence-corrected chi connectivity index (χ2v) is 9.29. The molecule has 4 N–H and O–H groups in total. The summed E-state index contributed by atoms with van der Waals surface area (Å²) < 4.78 is 5.21. The van der Waals surface area contributed by atoms with Crippen LogP contribution >= 0.6 is 11.8 Å². The molecule has 33 heavy (non-hydrogen) atoms. The molecule has 8 heteroatoms. The molecule has 3 aromatic rings. The van der Waals surface area contributed by atoms with Crippen molar-refractivity contribution in [1.82, 2.24) is 19.8 Å². The molecule has 7 nitrogen and oxygen atoms in total. The summed E-state index contributed by atoms with van der Waals surface area (Å²) in [6.07, 6.45) is 0.597. The van der Waals surface area contributed by atoms with Crippen LogP contribution in [0.4, 0.5) is 11.6 Å². The van der Waals surface area contributed by atoms with E-state index in [0.717, 1.165) is 61.9 Å². The van der Waals surface area contributed by atoms with Gasteiger partial charge in [0, 0.05) is 57.0 Å². The number of aromatic nitrogens is 2. The van der Waals surface area contributed by atoms with Crippen LogP contribution < -0.4 is 16.2 Å². The van der Waals surface area contributed by atoms with Gasteiger partial charge >= 0.3 is 0 Å². The molecule has 1 aliphatic heterocycles. The lowest BCUT2D eigenvalue weighted by molar-refractivity contribution is 0.133. The van der Waals surface area contributed by atoms with Crippen molar-refractivity contribution in [3.8, 4) is 5.75 Å². The third-order valence-corrected chi connectivity index (χ3v) is 6.77. The quantitative estimate of drug-likeness (QED) is 0.368. The maximum Gasteiger partial charge on any atom is 0.191 e. The molecule has 1 fully saturated rings. The Morgan fingerprint density at radius 1 is 0.848 bits per heavy atom. The van der Waals surface area contributed by atoms with E-state index in [9.17, 15) is 0 Å². The summed E-state index contributed by atoms with van der Waals surface area (Å²) in [7, 11) is 1.65. The van der Waals surface area contributed by atoms with Gasteiger partial charge in [0.1, 0.15) is 17.4 Å². The van der Waals surface area contributed by atoms with Gasteiger partial charge in [-0.15, -0.1) is 0 Å². The summed E-state index contributed by atoms with van der Waals surface area (Å²) >= 11 is 1.61. The van der Waals surface area contributed by atoms with E-state index < -0.39 is 0 Å². The number of nitrogens with two attached hydrogens (primary N) is 2. The molecule has 2 aromatic carbocycles. The lowest BCUT2D eigenvalue weighted by Gasteiger charge is -2.34. The summed E-state index contributed by atoms with van der Waals surface area (Å²) in [5.74, 6) is 2.64. The lowest BCUT2D eigenvalue weighted by Crippen LogP contribution is -2.46. The number of anilines is 2. The maximum absolute atomic E-state index is 6.23. The molecule has 1 aliphatic rings. The van der Waals surface area contributed by atoms with Crippen LogP contribution in [-0.4, -0.2) is 65.4 Å². The summed E-state index contributed by atoms with van der Waals surface area (Å²) in [5, 5.41) is 0.645. The van der Waals surface area contributed by atoms with Crippen molar-refractivity contribution < 1.29 is 4.74 Å². The molecule has 1 saturated heterocycles. The van der Waals surface area contributed by atoms with E-state index in [-0.39, 0.29) is 0 Å². The van der Waals surface area contributed by atoms with Gasteiger partial charge in [-0.1, -0.05) is 54.2 Å². The van der Waals surface area contributed by atoms with E-state index in [1.807, 2.05) is 24.3 Å². The summed E-state index contributed by atoms with van der Waals surface area (Å²) in [4.78, 5) is 14.0. The molecule has 0 saturated carbocycles. The number of methoxy groups -OCH3 is 1. The summed E-state index contributed by atoms with van der Waals surface area (Å²) in [6.45, 7) is 6.38. The van der Waals surface area contributed by atoms with Gasteiger partial charge in [-0.2, -0.15) is 0 Å². The molecule has 0 radical (unpaired) electrons. The van der Waals surface area contributed by atoms with Gasteiger partial charge < -0.3 is 16.2 Å². The van der Waals surface area contributed by atoms with Gasteiger partial charge in [-0.05, 0) is 23.3 Å². The lowest BCUT2D eigenvalue weighted by atomic mass is 10.1. The van der Waals surface area contributed by atoms with Crippen LogP contribution in [0.25, 0.3) is 0 Å². The fraction of sp³-hybridized carbons (Fsp3) is 0.360. The number of thioether (sulfide) groups is 1. The Morgan fingerprint density at radius 2 is 1.48 bits per heavy atom. The van der Waals surface area contributed by atoms with E-state index in [1.165, 1.54) is 5.56 Å². The fourth-order valence-corrected chi connectivity index (χ4v) is 4.83. The van der Waals surface area contributed by atoms with Crippen LogP contribution in [0.3, 0.4) is 0 Å². The van der Waals surface area contributed by atoms with Crippen molar-refractivity contribution in [2.75, 3.05) is 57.1 Å². The van der Waals surface area contributed by atoms with Gasteiger partial charge in [-0.3, -0.25) is 9.80 Å². The normalized spacial score (nSPS) is 14.9. The topological polar surface area (TPSA) is 93.5 Å². The van der Waals surface area contributed by atoms with Gasteiger partial charge in [0.2, 0.25) is 0 Å². The van der Waals surface area contributed by atoms with Crippen molar-refractivity contribution in [1.29, 1.82) is 0 Å². The number of piperazine rings is 1. The molecule has 174 valence electrons. The molecule has 4 rings (SSSR count). The minimum absolute atomic E-state index is 0.454. The standard InChI is InChI=1S/C25H32N6OS/c1-32-21-9-7-19(8-10-21)17-22-23(26)28-25(29-24(22)27)33-16-15-30-11-13-31(14-12-30)18-20-5-3-2-4-6-20/h2-10H,11-18H2,1H3,(H4,26,27,28,29). The van der Waals surface area contributed by atoms with Crippen molar-refractivity contribution >= 4 is 23.4 Å². The first kappa shape index (κ1) is 23.4. The molecule has 0 atom stereocenters. The largest absolute Gasteiger partial charge is 0.497 e. The molecular formula is C25H32N6OS. The second kappa shape index (κ2) is 11.4. The van der Waals surface area contributed by atoms with Gasteiger partial charge in [0.05, 0.1) is 7.11 Å². The summed E-state index contributed by atoms with van der Waals surface area (Å²) in [5.41, 5.74) is 15.7. The van der Waals surface area contributed by atoms with E-state index >= 15 is 0 Å². The van der Waals surface area contributed by atoms with E-state index in [1.54, 1.807) is 18.9 Å². The van der Waals surface area contributed by atoms with Crippen molar-refractivity contribution in [3.05, 3.63) is 71.3 Å². The fourth-order valence-electron chi connectivity index (χ4n) is 3.97. The molecule has 0 spiro atoms. The smallest absolute Gasteiger partial charge is 0.191 e. The van der Waals surface area contributed by atoms with E-state index in [0.29, 0.717) is 23.2 Å². The number of benzene rings is 2.